The number of benzene rings is 2. The molecule has 350 valence electrons. The van der Waals surface area contributed by atoms with Gasteiger partial charge in [0.2, 0.25) is 17.7 Å². The van der Waals surface area contributed by atoms with E-state index in [1.54, 1.807) is 57.3 Å². The molecule has 1 heterocycles. The van der Waals surface area contributed by atoms with Crippen LogP contribution in [0.5, 0.6) is 0 Å². The van der Waals surface area contributed by atoms with E-state index in [-0.39, 0.29) is 49.1 Å². The van der Waals surface area contributed by atoms with Crippen LogP contribution in [0.25, 0.3) is 0 Å². The normalized spacial score (nSPS) is 18.3. The van der Waals surface area contributed by atoms with E-state index >= 15 is 0 Å². The predicted octanol–water partition coefficient (Wildman–Crippen LogP) is 1.80. The highest BCUT2D eigenvalue weighted by molar-refractivity contribution is 14.1. The summed E-state index contributed by atoms with van der Waals surface area (Å²) in [6.07, 6.45) is 1.62. The van der Waals surface area contributed by atoms with Gasteiger partial charge in [-0.2, -0.15) is 0 Å². The Hall–Kier alpha value is -4.97. The number of likely N-dealkylation sites (tertiary alicyclic amines) is 1. The summed E-state index contributed by atoms with van der Waals surface area (Å²) in [6.45, 7) is 7.15. The second-order valence-corrected chi connectivity index (χ2v) is 18.6. The van der Waals surface area contributed by atoms with E-state index in [1.807, 2.05) is 24.3 Å². The van der Waals surface area contributed by atoms with E-state index < -0.39 is 85.9 Å². The van der Waals surface area contributed by atoms with Gasteiger partial charge in [-0.1, -0.05) is 45.0 Å². The second-order valence-electron chi connectivity index (χ2n) is 16.8. The molecular weight excluding hydrogens is 967 g/mol. The highest BCUT2D eigenvalue weighted by atomic mass is 127. The molecule has 0 bridgehead atoms. The fourth-order valence-corrected chi connectivity index (χ4v) is 7.90. The van der Waals surface area contributed by atoms with Crippen LogP contribution >= 0.6 is 34.4 Å². The molecule has 7 N–H and O–H groups in total. The highest BCUT2D eigenvalue weighted by Gasteiger charge is 2.40. The number of likely N-dealkylation sites (N-methyl/N-ethyl adjacent to an activating group) is 2. The fourth-order valence-electron chi connectivity index (χ4n) is 7.33. The maximum Gasteiger partial charge on any atom is 0.271 e. The van der Waals surface area contributed by atoms with E-state index in [2.05, 4.69) is 37.2 Å². The highest BCUT2D eigenvalue weighted by Crippen LogP contribution is 2.30. The number of ether oxygens (including phenoxy) is 1. The summed E-state index contributed by atoms with van der Waals surface area (Å²) in [6, 6.07) is 7.25. The smallest absolute Gasteiger partial charge is 0.271 e. The maximum absolute atomic E-state index is 13.8. The molecule has 0 radical (unpaired) electrons. The standard InChI is InChI=1S/C42H58ClIN10O10/c1-23(52(6)43)34(55)51-33(44)38(59)49-31(37(58)48-30-14-10-12-24-11-8-9-13-29(24)30)15-17-46-35(56)25-19-26(21-28(20-25)54(62)63)36(57)47-27-16-18-53(22-27)41(61)32(42(2,3)4)50-39(60)40(45-5)64-7/h8-9,11,13,19-21,23,27,30-33,40,45H,10,12,14-18,22H2,1-7H3,(H,46,56)(H,47,57)(H,48,58)(H,49,59)(H,50,60)(H,51,55)/t23-,27-,30+,31-,32+,33+,40-/m0/s1. The molecule has 7 amide bonds. The van der Waals surface area contributed by atoms with Crippen LogP contribution in [-0.2, 0) is 35.1 Å². The van der Waals surface area contributed by atoms with Gasteiger partial charge in [0.1, 0.15) is 18.1 Å². The molecule has 2 aromatic rings. The Morgan fingerprint density at radius 2 is 1.62 bits per heavy atom. The van der Waals surface area contributed by atoms with Crippen molar-refractivity contribution < 1.29 is 43.2 Å². The molecule has 1 aliphatic heterocycles. The van der Waals surface area contributed by atoms with E-state index in [1.165, 1.54) is 25.1 Å². The summed E-state index contributed by atoms with van der Waals surface area (Å²) in [5.74, 6) is -4.12. The lowest BCUT2D eigenvalue weighted by Gasteiger charge is -2.34. The maximum atomic E-state index is 13.8. The van der Waals surface area contributed by atoms with E-state index in [9.17, 15) is 43.7 Å². The molecule has 0 aromatic heterocycles. The van der Waals surface area contributed by atoms with Crippen molar-refractivity contribution >= 4 is 81.4 Å². The number of aryl methyl sites for hydroxylation is 1. The second kappa shape index (κ2) is 23.3. The van der Waals surface area contributed by atoms with Crippen LogP contribution < -0.4 is 37.2 Å². The number of methoxy groups -OCH3 is 1. The number of alkyl halides is 1. The van der Waals surface area contributed by atoms with Crippen LogP contribution in [0.15, 0.2) is 42.5 Å². The minimum absolute atomic E-state index is 0.0993. The number of non-ortho nitro benzene ring substituents is 1. The molecule has 2 aromatic carbocycles. The topological polar surface area (TPSA) is 263 Å². The van der Waals surface area contributed by atoms with E-state index in [0.29, 0.717) is 12.8 Å². The van der Waals surface area contributed by atoms with Gasteiger partial charge in [0.25, 0.3) is 29.3 Å². The number of amides is 7. The van der Waals surface area contributed by atoms with Crippen molar-refractivity contribution in [2.75, 3.05) is 40.8 Å². The SMILES string of the molecule is CN[C@@H](OC)C(=O)N[C@H](C(=O)N1CC[C@H](NC(=O)c2cc(C(=O)NCC[C@H](NC(=O)[C@H](I)NC(=O)[C@H](C)N(C)Cl)C(=O)N[C@@H]3CCCc4ccccc43)cc([N+](=O)[O-])c2)C1)C(C)(C)C. The van der Waals surface area contributed by atoms with Gasteiger partial charge in [-0.25, -0.2) is 4.42 Å². The molecule has 22 heteroatoms. The minimum atomic E-state index is -1.18. The molecule has 7 atom stereocenters. The number of hydrogen-bond acceptors (Lipinski definition) is 12. The predicted molar refractivity (Wildman–Crippen MR) is 245 cm³/mol. The molecule has 1 saturated heterocycles. The number of nitrogens with zero attached hydrogens (tertiary/aromatic N) is 3. The number of rotatable bonds is 19. The van der Waals surface area contributed by atoms with Gasteiger partial charge in [0.05, 0.1) is 11.0 Å². The Bertz CT molecular complexity index is 2070. The van der Waals surface area contributed by atoms with Crippen molar-refractivity contribution in [3.8, 4) is 0 Å². The number of nitrogens with one attached hydrogen (secondary N) is 7. The largest absolute Gasteiger partial charge is 0.357 e. The zero-order chi connectivity index (χ0) is 47.5. The Kier molecular flexibility index (Phi) is 18.8. The monoisotopic (exact) mass is 1020 g/mol. The van der Waals surface area contributed by atoms with Crippen LogP contribution in [0.3, 0.4) is 0 Å². The molecule has 1 aliphatic carbocycles. The zero-order valence-corrected chi connectivity index (χ0v) is 39.8. The number of hydrogen-bond donors (Lipinski definition) is 7. The van der Waals surface area contributed by atoms with Crippen LogP contribution in [0.1, 0.15) is 91.3 Å². The van der Waals surface area contributed by atoms with Gasteiger partial charge in [0, 0.05) is 63.1 Å². The first-order valence-electron chi connectivity index (χ1n) is 20.8. The van der Waals surface area contributed by atoms with E-state index in [0.717, 1.165) is 40.5 Å². The van der Waals surface area contributed by atoms with Crippen LogP contribution in [-0.4, -0.2) is 131 Å². The fraction of sp³-hybridized carbons (Fsp3) is 0.548. The summed E-state index contributed by atoms with van der Waals surface area (Å²) < 4.78 is 5.19. The molecule has 0 spiro atoms. The number of carbonyl (C=O) groups excluding carboxylic acids is 7. The minimum Gasteiger partial charge on any atom is -0.357 e. The first-order chi connectivity index (χ1) is 30.1. The Morgan fingerprint density at radius 3 is 2.25 bits per heavy atom. The van der Waals surface area contributed by atoms with Crippen molar-refractivity contribution in [2.24, 2.45) is 5.41 Å². The third-order valence-corrected chi connectivity index (χ3v) is 12.2. The molecule has 4 rings (SSSR count). The number of nitro benzene ring substituents is 1. The van der Waals surface area contributed by atoms with Crippen molar-refractivity contribution in [3.05, 3.63) is 74.8 Å². The lowest BCUT2D eigenvalue weighted by molar-refractivity contribution is -0.384. The average molecular weight is 1030 g/mol. The van der Waals surface area contributed by atoms with E-state index in [4.69, 9.17) is 16.5 Å². The summed E-state index contributed by atoms with van der Waals surface area (Å²) in [4.78, 5) is 106. The first kappa shape index (κ1) is 51.7. The molecule has 2 aliphatic rings. The summed E-state index contributed by atoms with van der Waals surface area (Å²) >= 11 is 7.64. The zero-order valence-electron chi connectivity index (χ0n) is 36.9. The van der Waals surface area contributed by atoms with Crippen molar-refractivity contribution in [1.29, 1.82) is 0 Å². The van der Waals surface area contributed by atoms with Gasteiger partial charge < -0.3 is 41.5 Å². The van der Waals surface area contributed by atoms with Crippen LogP contribution in [0.2, 0.25) is 0 Å². The van der Waals surface area contributed by atoms with Gasteiger partial charge >= 0.3 is 0 Å². The molecule has 20 nitrogen and oxygen atoms in total. The number of fused-ring (bicyclic) bond motifs is 1. The lowest BCUT2D eigenvalue weighted by atomic mass is 9.85. The van der Waals surface area contributed by atoms with Gasteiger partial charge in [0.15, 0.2) is 10.3 Å². The van der Waals surface area contributed by atoms with Crippen molar-refractivity contribution in [3.63, 3.8) is 0 Å². The molecular formula is C42H58ClIN10O10. The molecule has 1 fully saturated rings. The van der Waals surface area contributed by atoms with Crippen molar-refractivity contribution in [1.82, 2.24) is 46.5 Å². The summed E-state index contributed by atoms with van der Waals surface area (Å²) in [5, 5.41) is 31.1. The Balaban J connectivity index is 1.45. The molecule has 64 heavy (non-hydrogen) atoms. The number of halogens is 2. The first-order valence-corrected chi connectivity index (χ1v) is 22.4. The Morgan fingerprint density at radius 1 is 0.953 bits per heavy atom. The van der Waals surface area contributed by atoms with Gasteiger partial charge in [-0.3, -0.25) is 49.0 Å². The van der Waals surface area contributed by atoms with Gasteiger partial charge in [-0.15, -0.1) is 0 Å². The third kappa shape index (κ3) is 14.0. The third-order valence-electron chi connectivity index (χ3n) is 11.1. The van der Waals surface area contributed by atoms with Gasteiger partial charge in [-0.05, 0) is 103 Å². The number of nitro groups is 1. The Labute approximate surface area is 390 Å². The van der Waals surface area contributed by atoms with Crippen molar-refractivity contribution in [2.45, 2.75) is 100 Å². The number of carbonyl (C=O) groups is 7. The quantitative estimate of drug-likeness (QED) is 0.0202. The van der Waals surface area contributed by atoms with Crippen LogP contribution in [0.4, 0.5) is 5.69 Å². The lowest BCUT2D eigenvalue weighted by Crippen LogP contribution is -2.58. The summed E-state index contributed by atoms with van der Waals surface area (Å²) in [5.41, 5.74) is 0.472. The average Bonchev–Trinajstić information content (AvgIpc) is 3.72. The summed E-state index contributed by atoms with van der Waals surface area (Å²) in [7, 11) is 4.39. The molecule has 0 saturated carbocycles. The van der Waals surface area contributed by atoms with Crippen LogP contribution in [0, 0.1) is 15.5 Å². The molecule has 0 unspecified atom stereocenters.